The van der Waals surface area contributed by atoms with Crippen molar-refractivity contribution in [3.63, 3.8) is 0 Å². The van der Waals surface area contributed by atoms with Gasteiger partial charge in [0.15, 0.2) is 5.13 Å². The van der Waals surface area contributed by atoms with Crippen LogP contribution < -0.4 is 16.8 Å². The van der Waals surface area contributed by atoms with Crippen molar-refractivity contribution >= 4 is 28.3 Å². The van der Waals surface area contributed by atoms with Gasteiger partial charge in [-0.2, -0.15) is 0 Å². The second-order valence-corrected chi connectivity index (χ2v) is 4.68. The molecule has 0 unspecified atom stereocenters. The predicted molar refractivity (Wildman–Crippen MR) is 66.6 cm³/mol. The summed E-state index contributed by atoms with van der Waals surface area (Å²) in [6.07, 6.45) is 1.75. The topological polar surface area (TPSA) is 111 Å². The molecule has 0 fully saturated rings. The summed E-state index contributed by atoms with van der Waals surface area (Å²) in [5, 5.41) is 3.14. The first-order chi connectivity index (χ1) is 8.00. The first kappa shape index (κ1) is 13.4. The van der Waals surface area contributed by atoms with Crippen molar-refractivity contribution in [1.29, 1.82) is 0 Å². The zero-order chi connectivity index (χ0) is 12.8. The summed E-state index contributed by atoms with van der Waals surface area (Å²) in [4.78, 5) is 26.7. The molecule has 1 aromatic rings. The number of nitrogens with zero attached hydrogens (tertiary/aromatic N) is 1. The fourth-order valence-corrected chi connectivity index (χ4v) is 2.08. The highest BCUT2D eigenvalue weighted by Gasteiger charge is 2.13. The van der Waals surface area contributed by atoms with Crippen LogP contribution in [0, 0.1) is 6.92 Å². The number of aromatic nitrogens is 1. The van der Waals surface area contributed by atoms with Gasteiger partial charge in [-0.15, -0.1) is 0 Å². The number of nitrogens with one attached hydrogen (secondary N) is 1. The number of amides is 2. The Morgan fingerprint density at radius 1 is 1.41 bits per heavy atom. The van der Waals surface area contributed by atoms with E-state index in [1.807, 2.05) is 0 Å². The molecule has 0 aromatic carbocycles. The molecule has 5 N–H and O–H groups in total. The summed E-state index contributed by atoms with van der Waals surface area (Å²) in [6, 6.07) is 0. The van der Waals surface area contributed by atoms with Crippen LogP contribution >= 0.6 is 11.3 Å². The standard InChI is InChI=1S/C10H16N4O2S/c1-6-8(17-10(12)14-6)9(16)13-5-3-2-4-7(11)15/h2-5H2,1H3,(H2,11,15)(H2,12,14)(H,13,16). The fourth-order valence-electron chi connectivity index (χ4n) is 1.33. The van der Waals surface area contributed by atoms with Crippen LogP contribution in [-0.4, -0.2) is 23.3 Å². The van der Waals surface area contributed by atoms with Gasteiger partial charge in [0, 0.05) is 13.0 Å². The molecule has 0 radical (unpaired) electrons. The summed E-state index contributed by atoms with van der Waals surface area (Å²) in [5.74, 6) is -0.488. The third-order valence-electron chi connectivity index (χ3n) is 2.15. The molecule has 94 valence electrons. The molecule has 7 heteroatoms. The Kier molecular flexibility index (Phi) is 4.89. The fraction of sp³-hybridized carbons (Fsp3) is 0.500. The number of nitrogen functional groups attached to an aromatic ring is 1. The van der Waals surface area contributed by atoms with Crippen molar-refractivity contribution in [1.82, 2.24) is 10.3 Å². The van der Waals surface area contributed by atoms with Crippen LogP contribution in [0.2, 0.25) is 0 Å². The molecule has 0 bridgehead atoms. The smallest absolute Gasteiger partial charge is 0.263 e. The molecule has 0 aliphatic rings. The molecular weight excluding hydrogens is 240 g/mol. The van der Waals surface area contributed by atoms with Gasteiger partial charge in [0.05, 0.1) is 5.69 Å². The van der Waals surface area contributed by atoms with E-state index in [1.54, 1.807) is 6.92 Å². The highest BCUT2D eigenvalue weighted by atomic mass is 32.1. The highest BCUT2D eigenvalue weighted by Crippen LogP contribution is 2.19. The van der Waals surface area contributed by atoms with Gasteiger partial charge in [0.1, 0.15) is 4.88 Å². The number of carbonyl (C=O) groups is 2. The van der Waals surface area contributed by atoms with Gasteiger partial charge in [-0.3, -0.25) is 9.59 Å². The monoisotopic (exact) mass is 256 g/mol. The Balaban J connectivity index is 2.30. The first-order valence-electron chi connectivity index (χ1n) is 5.30. The van der Waals surface area contributed by atoms with E-state index in [0.717, 1.165) is 6.42 Å². The Bertz CT molecular complexity index is 416. The number of thiazole rings is 1. The predicted octanol–water partition coefficient (Wildman–Crippen LogP) is 0.419. The average molecular weight is 256 g/mol. The van der Waals surface area contributed by atoms with Crippen molar-refractivity contribution < 1.29 is 9.59 Å². The van der Waals surface area contributed by atoms with Gasteiger partial charge >= 0.3 is 0 Å². The number of nitrogens with two attached hydrogens (primary N) is 2. The zero-order valence-electron chi connectivity index (χ0n) is 9.66. The summed E-state index contributed by atoms with van der Waals surface area (Å²) in [6.45, 7) is 2.26. The summed E-state index contributed by atoms with van der Waals surface area (Å²) in [7, 11) is 0. The molecule has 1 heterocycles. The molecule has 1 aromatic heterocycles. The molecule has 6 nitrogen and oxygen atoms in total. The van der Waals surface area contributed by atoms with E-state index in [4.69, 9.17) is 11.5 Å². The first-order valence-corrected chi connectivity index (χ1v) is 6.11. The number of anilines is 1. The third kappa shape index (κ3) is 4.39. The minimum atomic E-state index is -0.317. The van der Waals surface area contributed by atoms with Gasteiger partial charge in [0.2, 0.25) is 5.91 Å². The number of carbonyl (C=O) groups excluding carboxylic acids is 2. The van der Waals surface area contributed by atoms with Gasteiger partial charge in [-0.05, 0) is 19.8 Å². The molecular formula is C10H16N4O2S. The van der Waals surface area contributed by atoms with Crippen LogP contribution in [0.1, 0.15) is 34.6 Å². The number of unbranched alkanes of at least 4 members (excludes halogenated alkanes) is 1. The third-order valence-corrected chi connectivity index (χ3v) is 3.14. The van der Waals surface area contributed by atoms with Crippen molar-refractivity contribution in [3.8, 4) is 0 Å². The molecule has 2 amide bonds. The Labute approximate surface area is 103 Å². The van der Waals surface area contributed by atoms with Crippen molar-refractivity contribution in [2.45, 2.75) is 26.2 Å². The summed E-state index contributed by atoms with van der Waals surface area (Å²) >= 11 is 1.17. The van der Waals surface area contributed by atoms with Crippen molar-refractivity contribution in [3.05, 3.63) is 10.6 Å². The SMILES string of the molecule is Cc1nc(N)sc1C(=O)NCCCCC(N)=O. The van der Waals surface area contributed by atoms with Crippen LogP contribution in [0.4, 0.5) is 5.13 Å². The van der Waals surface area contributed by atoms with Crippen LogP contribution in [0.3, 0.4) is 0 Å². The largest absolute Gasteiger partial charge is 0.375 e. The molecule has 0 spiro atoms. The van der Waals surface area contributed by atoms with Gasteiger partial charge in [-0.1, -0.05) is 11.3 Å². The van der Waals surface area contributed by atoms with Gasteiger partial charge < -0.3 is 16.8 Å². The number of aryl methyl sites for hydroxylation is 1. The van der Waals surface area contributed by atoms with E-state index in [2.05, 4.69) is 10.3 Å². The molecule has 0 aliphatic heterocycles. The van der Waals surface area contributed by atoms with Crippen LogP contribution in [0.15, 0.2) is 0 Å². The van der Waals surface area contributed by atoms with Gasteiger partial charge in [-0.25, -0.2) is 4.98 Å². The molecule has 0 saturated heterocycles. The molecule has 0 aliphatic carbocycles. The average Bonchev–Trinajstić information content (AvgIpc) is 2.56. The Morgan fingerprint density at radius 3 is 2.65 bits per heavy atom. The Morgan fingerprint density at radius 2 is 2.12 bits per heavy atom. The lowest BCUT2D eigenvalue weighted by Gasteiger charge is -2.02. The lowest BCUT2D eigenvalue weighted by atomic mass is 10.2. The summed E-state index contributed by atoms with van der Waals surface area (Å²) < 4.78 is 0. The highest BCUT2D eigenvalue weighted by molar-refractivity contribution is 7.17. The van der Waals surface area contributed by atoms with E-state index in [-0.39, 0.29) is 11.8 Å². The lowest BCUT2D eigenvalue weighted by Crippen LogP contribution is -2.24. The number of primary amides is 1. The van der Waals surface area contributed by atoms with E-state index in [1.165, 1.54) is 11.3 Å². The number of hydrogen-bond donors (Lipinski definition) is 3. The van der Waals surface area contributed by atoms with Gasteiger partial charge in [0.25, 0.3) is 5.91 Å². The number of hydrogen-bond acceptors (Lipinski definition) is 5. The second-order valence-electron chi connectivity index (χ2n) is 3.65. The molecule has 17 heavy (non-hydrogen) atoms. The summed E-state index contributed by atoms with van der Waals surface area (Å²) in [5.41, 5.74) is 11.1. The quantitative estimate of drug-likeness (QED) is 0.640. The second kappa shape index (κ2) is 6.19. The van der Waals surface area contributed by atoms with Crippen molar-refractivity contribution in [2.24, 2.45) is 5.73 Å². The molecule has 0 saturated carbocycles. The maximum atomic E-state index is 11.7. The molecule has 0 atom stereocenters. The normalized spacial score (nSPS) is 10.2. The molecule has 1 rings (SSSR count). The van der Waals surface area contributed by atoms with Crippen molar-refractivity contribution in [2.75, 3.05) is 12.3 Å². The zero-order valence-corrected chi connectivity index (χ0v) is 10.5. The maximum absolute atomic E-state index is 11.7. The minimum absolute atomic E-state index is 0.171. The Hall–Kier alpha value is -1.63. The van der Waals surface area contributed by atoms with E-state index >= 15 is 0 Å². The van der Waals surface area contributed by atoms with Crippen LogP contribution in [-0.2, 0) is 4.79 Å². The van der Waals surface area contributed by atoms with E-state index < -0.39 is 0 Å². The number of rotatable bonds is 6. The lowest BCUT2D eigenvalue weighted by molar-refractivity contribution is -0.118. The van der Waals surface area contributed by atoms with Crippen LogP contribution in [0.5, 0.6) is 0 Å². The van der Waals surface area contributed by atoms with Crippen LogP contribution in [0.25, 0.3) is 0 Å². The maximum Gasteiger partial charge on any atom is 0.263 e. The van der Waals surface area contributed by atoms with E-state index in [0.29, 0.717) is 35.1 Å². The van der Waals surface area contributed by atoms with E-state index in [9.17, 15) is 9.59 Å². The minimum Gasteiger partial charge on any atom is -0.375 e.